The molecule has 0 N–H and O–H groups in total. The second-order valence-electron chi connectivity index (χ2n) is 4.13. The number of thioether (sulfide) groups is 1. The van der Waals surface area contributed by atoms with Crippen molar-refractivity contribution in [2.24, 2.45) is 0 Å². The molecule has 0 amide bonds. The van der Waals surface area contributed by atoms with Crippen LogP contribution < -0.4 is 0 Å². The molecule has 64 valence electrons. The average molecular weight is 170 g/mol. The van der Waals surface area contributed by atoms with E-state index in [1.165, 1.54) is 25.7 Å². The molecule has 0 atom stereocenters. The Bertz CT molecular complexity index is 151. The maximum atomic E-state index is 2.42. The van der Waals surface area contributed by atoms with Gasteiger partial charge in [0.05, 0.1) is 0 Å². The molecule has 0 unspecified atom stereocenters. The maximum absolute atomic E-state index is 2.42. The summed E-state index contributed by atoms with van der Waals surface area (Å²) in [6.45, 7) is 6.85. The van der Waals surface area contributed by atoms with Crippen molar-refractivity contribution in [3.63, 3.8) is 0 Å². The highest BCUT2D eigenvalue weighted by Crippen LogP contribution is 2.36. The summed E-state index contributed by atoms with van der Waals surface area (Å²) in [5.41, 5.74) is 0. The molecule has 0 aromatic rings. The van der Waals surface area contributed by atoms with Crippen LogP contribution in [-0.4, -0.2) is 4.75 Å². The van der Waals surface area contributed by atoms with E-state index < -0.39 is 0 Å². The summed E-state index contributed by atoms with van der Waals surface area (Å²) in [6.07, 6.45) is 7.84. The third-order valence-corrected chi connectivity index (χ3v) is 2.93. The molecule has 0 aliphatic heterocycles. The van der Waals surface area contributed by atoms with Gasteiger partial charge in [0.2, 0.25) is 0 Å². The van der Waals surface area contributed by atoms with Gasteiger partial charge in [0.1, 0.15) is 0 Å². The summed E-state index contributed by atoms with van der Waals surface area (Å²) in [4.78, 5) is 1.61. The maximum Gasteiger partial charge on any atom is 0.0119 e. The standard InChI is InChI=1S/C10H18S/c1-10(2,3)11-9-7-5-4-6-8-9/h7H,4-6,8H2,1-3H3. The summed E-state index contributed by atoms with van der Waals surface area (Å²) >= 11 is 2.04. The summed E-state index contributed by atoms with van der Waals surface area (Å²) in [6, 6.07) is 0. The van der Waals surface area contributed by atoms with Crippen LogP contribution in [-0.2, 0) is 0 Å². The molecule has 0 aromatic carbocycles. The Morgan fingerprint density at radius 2 is 2.00 bits per heavy atom. The normalized spacial score (nSPS) is 19.7. The lowest BCUT2D eigenvalue weighted by Crippen LogP contribution is -2.08. The molecule has 0 radical (unpaired) electrons. The van der Waals surface area contributed by atoms with Gasteiger partial charge in [-0.05, 0) is 30.6 Å². The number of rotatable bonds is 1. The van der Waals surface area contributed by atoms with E-state index in [1.54, 1.807) is 4.91 Å². The molecule has 0 spiro atoms. The Balaban J connectivity index is 2.42. The van der Waals surface area contributed by atoms with E-state index in [4.69, 9.17) is 0 Å². The van der Waals surface area contributed by atoms with Crippen molar-refractivity contribution in [3.05, 3.63) is 11.0 Å². The summed E-state index contributed by atoms with van der Waals surface area (Å²) < 4.78 is 0.406. The second kappa shape index (κ2) is 3.66. The highest BCUT2D eigenvalue weighted by Gasteiger charge is 2.14. The molecule has 0 nitrogen and oxygen atoms in total. The van der Waals surface area contributed by atoms with Gasteiger partial charge in [0.15, 0.2) is 0 Å². The molecular weight excluding hydrogens is 152 g/mol. The number of allylic oxidation sites excluding steroid dienone is 2. The smallest absolute Gasteiger partial charge is 0.0119 e. The van der Waals surface area contributed by atoms with E-state index in [2.05, 4.69) is 26.8 Å². The van der Waals surface area contributed by atoms with E-state index in [1.807, 2.05) is 11.8 Å². The van der Waals surface area contributed by atoms with Crippen molar-refractivity contribution in [2.75, 3.05) is 0 Å². The van der Waals surface area contributed by atoms with Gasteiger partial charge in [0.25, 0.3) is 0 Å². The average Bonchev–Trinajstić information content (AvgIpc) is 1.85. The number of hydrogen-bond acceptors (Lipinski definition) is 1. The van der Waals surface area contributed by atoms with Crippen LogP contribution in [0.25, 0.3) is 0 Å². The Morgan fingerprint density at radius 1 is 1.27 bits per heavy atom. The van der Waals surface area contributed by atoms with Crippen LogP contribution in [0.1, 0.15) is 46.5 Å². The van der Waals surface area contributed by atoms with Crippen molar-refractivity contribution >= 4 is 11.8 Å². The molecule has 0 saturated carbocycles. The van der Waals surface area contributed by atoms with Gasteiger partial charge >= 0.3 is 0 Å². The first kappa shape index (κ1) is 9.18. The van der Waals surface area contributed by atoms with Gasteiger partial charge in [-0.2, -0.15) is 0 Å². The zero-order chi connectivity index (χ0) is 8.32. The fraction of sp³-hybridized carbons (Fsp3) is 0.800. The van der Waals surface area contributed by atoms with E-state index >= 15 is 0 Å². The first-order valence-corrected chi connectivity index (χ1v) is 5.28. The predicted molar refractivity (Wildman–Crippen MR) is 53.9 cm³/mol. The molecule has 0 aromatic heterocycles. The van der Waals surface area contributed by atoms with Crippen LogP contribution in [0.4, 0.5) is 0 Å². The fourth-order valence-electron chi connectivity index (χ4n) is 1.29. The van der Waals surface area contributed by atoms with Gasteiger partial charge in [-0.3, -0.25) is 0 Å². The van der Waals surface area contributed by atoms with Crippen molar-refractivity contribution in [1.29, 1.82) is 0 Å². The van der Waals surface area contributed by atoms with Crippen LogP contribution in [0, 0.1) is 0 Å². The Morgan fingerprint density at radius 3 is 2.45 bits per heavy atom. The minimum atomic E-state index is 0.406. The zero-order valence-electron chi connectivity index (χ0n) is 7.81. The molecule has 1 aliphatic rings. The van der Waals surface area contributed by atoms with Crippen LogP contribution in [0.2, 0.25) is 0 Å². The highest BCUT2D eigenvalue weighted by atomic mass is 32.2. The van der Waals surface area contributed by atoms with E-state index in [0.717, 1.165) is 0 Å². The molecule has 0 bridgehead atoms. The fourth-order valence-corrected chi connectivity index (χ4v) is 2.53. The van der Waals surface area contributed by atoms with Crippen LogP contribution in [0.15, 0.2) is 11.0 Å². The van der Waals surface area contributed by atoms with Gasteiger partial charge < -0.3 is 0 Å². The Kier molecular flexibility index (Phi) is 3.06. The second-order valence-corrected chi connectivity index (χ2v) is 6.08. The van der Waals surface area contributed by atoms with E-state index in [0.29, 0.717) is 4.75 Å². The molecule has 0 saturated heterocycles. The van der Waals surface area contributed by atoms with Gasteiger partial charge in [-0.15, -0.1) is 11.8 Å². The first-order chi connectivity index (χ1) is 5.08. The lowest BCUT2D eigenvalue weighted by atomic mass is 10.1. The van der Waals surface area contributed by atoms with Gasteiger partial charge in [-0.25, -0.2) is 0 Å². The molecule has 0 fully saturated rings. The molecule has 1 heteroatoms. The third-order valence-electron chi connectivity index (χ3n) is 1.69. The van der Waals surface area contributed by atoms with Crippen LogP contribution in [0.5, 0.6) is 0 Å². The minimum Gasteiger partial charge on any atom is -0.125 e. The minimum absolute atomic E-state index is 0.406. The largest absolute Gasteiger partial charge is 0.125 e. The lowest BCUT2D eigenvalue weighted by Gasteiger charge is -2.21. The van der Waals surface area contributed by atoms with Gasteiger partial charge in [-0.1, -0.05) is 26.8 Å². The quantitative estimate of drug-likeness (QED) is 0.573. The molecule has 11 heavy (non-hydrogen) atoms. The zero-order valence-corrected chi connectivity index (χ0v) is 8.63. The van der Waals surface area contributed by atoms with Crippen LogP contribution >= 0.6 is 11.8 Å². The van der Waals surface area contributed by atoms with E-state index in [-0.39, 0.29) is 0 Å². The monoisotopic (exact) mass is 170 g/mol. The summed E-state index contributed by atoms with van der Waals surface area (Å²) in [5, 5.41) is 0. The van der Waals surface area contributed by atoms with Gasteiger partial charge in [0, 0.05) is 4.75 Å². The lowest BCUT2D eigenvalue weighted by molar-refractivity contribution is 0.719. The molecular formula is C10H18S. The predicted octanol–water partition coefficient (Wildman–Crippen LogP) is 3.98. The van der Waals surface area contributed by atoms with Crippen molar-refractivity contribution in [1.82, 2.24) is 0 Å². The molecule has 0 heterocycles. The van der Waals surface area contributed by atoms with Crippen molar-refractivity contribution < 1.29 is 0 Å². The first-order valence-electron chi connectivity index (χ1n) is 4.46. The summed E-state index contributed by atoms with van der Waals surface area (Å²) in [5.74, 6) is 0. The van der Waals surface area contributed by atoms with Crippen LogP contribution in [0.3, 0.4) is 0 Å². The summed E-state index contributed by atoms with van der Waals surface area (Å²) in [7, 11) is 0. The van der Waals surface area contributed by atoms with Crippen molar-refractivity contribution in [3.8, 4) is 0 Å². The Labute approximate surface area is 74.5 Å². The number of hydrogen-bond donors (Lipinski definition) is 0. The van der Waals surface area contributed by atoms with E-state index in [9.17, 15) is 0 Å². The highest BCUT2D eigenvalue weighted by molar-refractivity contribution is 8.04. The third kappa shape index (κ3) is 3.85. The topological polar surface area (TPSA) is 0 Å². The molecule has 1 aliphatic carbocycles. The van der Waals surface area contributed by atoms with Crippen molar-refractivity contribution in [2.45, 2.75) is 51.2 Å². The SMILES string of the molecule is CC(C)(C)SC1=CCCCC1. The molecule has 1 rings (SSSR count). The Hall–Kier alpha value is 0.0900.